The summed E-state index contributed by atoms with van der Waals surface area (Å²) in [5.41, 5.74) is 1.21. The van der Waals surface area contributed by atoms with E-state index in [2.05, 4.69) is 0 Å². The summed E-state index contributed by atoms with van der Waals surface area (Å²) in [6, 6.07) is 13.6. The highest BCUT2D eigenvalue weighted by Gasteiger charge is 2.35. The first-order valence-corrected chi connectivity index (χ1v) is 7.53. The van der Waals surface area contributed by atoms with Crippen LogP contribution >= 0.6 is 23.4 Å². The van der Waals surface area contributed by atoms with Gasteiger partial charge >= 0.3 is 0 Å². The van der Waals surface area contributed by atoms with Crippen LogP contribution in [0, 0.1) is 5.82 Å². The Balaban J connectivity index is 2.03. The van der Waals surface area contributed by atoms with Crippen molar-refractivity contribution in [1.29, 1.82) is 0 Å². The molecule has 0 bridgehead atoms. The van der Waals surface area contributed by atoms with Gasteiger partial charge in [0.1, 0.15) is 11.2 Å². The van der Waals surface area contributed by atoms with E-state index in [1.54, 1.807) is 41.3 Å². The van der Waals surface area contributed by atoms with Crippen LogP contribution < -0.4 is 4.90 Å². The van der Waals surface area contributed by atoms with E-state index in [0.717, 1.165) is 0 Å². The van der Waals surface area contributed by atoms with Crippen molar-refractivity contribution in [3.63, 3.8) is 0 Å². The van der Waals surface area contributed by atoms with E-state index in [4.69, 9.17) is 11.6 Å². The Morgan fingerprint density at radius 1 is 1.20 bits per heavy atom. The number of rotatable bonds is 2. The Hall–Kier alpha value is -1.52. The van der Waals surface area contributed by atoms with E-state index in [-0.39, 0.29) is 17.1 Å². The molecule has 0 spiro atoms. The summed E-state index contributed by atoms with van der Waals surface area (Å²) in [7, 11) is 0. The Bertz CT molecular complexity index is 664. The lowest BCUT2D eigenvalue weighted by atomic mass is 10.1. The summed E-state index contributed by atoms with van der Waals surface area (Å²) in [6.07, 6.45) is 0. The second-order valence-electron chi connectivity index (χ2n) is 4.43. The minimum atomic E-state index is -0.345. The van der Waals surface area contributed by atoms with Crippen LogP contribution in [0.25, 0.3) is 0 Å². The van der Waals surface area contributed by atoms with Crippen LogP contribution in [0.2, 0.25) is 5.02 Å². The number of hydrogen-bond acceptors (Lipinski definition) is 2. The van der Waals surface area contributed by atoms with Gasteiger partial charge in [0.15, 0.2) is 0 Å². The lowest BCUT2D eigenvalue weighted by Gasteiger charge is -2.24. The highest BCUT2D eigenvalue weighted by Crippen LogP contribution is 2.42. The lowest BCUT2D eigenvalue weighted by Crippen LogP contribution is -2.28. The summed E-state index contributed by atoms with van der Waals surface area (Å²) in [6.45, 7) is 0. The molecular weight excluding hydrogens is 297 g/mol. The van der Waals surface area contributed by atoms with E-state index in [9.17, 15) is 9.18 Å². The van der Waals surface area contributed by atoms with Crippen molar-refractivity contribution in [2.24, 2.45) is 0 Å². The molecule has 3 rings (SSSR count). The molecular formula is C15H11ClFNOS. The maximum atomic E-state index is 14.0. The minimum absolute atomic E-state index is 0.0366. The Labute approximate surface area is 125 Å². The molecule has 1 aliphatic heterocycles. The van der Waals surface area contributed by atoms with E-state index in [0.29, 0.717) is 22.0 Å². The molecule has 1 saturated heterocycles. The number of benzene rings is 2. The topological polar surface area (TPSA) is 20.3 Å². The van der Waals surface area contributed by atoms with Gasteiger partial charge in [-0.3, -0.25) is 9.69 Å². The van der Waals surface area contributed by atoms with Gasteiger partial charge < -0.3 is 0 Å². The molecule has 0 aliphatic carbocycles. The van der Waals surface area contributed by atoms with E-state index >= 15 is 0 Å². The molecule has 1 aliphatic rings. The van der Waals surface area contributed by atoms with Crippen molar-refractivity contribution >= 4 is 35.0 Å². The smallest absolute Gasteiger partial charge is 0.238 e. The monoisotopic (exact) mass is 307 g/mol. The fourth-order valence-electron chi connectivity index (χ4n) is 2.23. The first kappa shape index (κ1) is 13.5. The number of carbonyl (C=O) groups is 1. The molecule has 0 radical (unpaired) electrons. The average molecular weight is 308 g/mol. The molecule has 1 fully saturated rings. The number of halogens is 2. The second kappa shape index (κ2) is 5.46. The van der Waals surface area contributed by atoms with E-state index in [1.165, 1.54) is 17.8 Å². The van der Waals surface area contributed by atoms with Crippen LogP contribution in [0.3, 0.4) is 0 Å². The van der Waals surface area contributed by atoms with Gasteiger partial charge in [-0.05, 0) is 24.3 Å². The van der Waals surface area contributed by atoms with Crippen molar-refractivity contribution in [2.45, 2.75) is 5.37 Å². The van der Waals surface area contributed by atoms with Gasteiger partial charge in [0.25, 0.3) is 0 Å². The molecule has 2 nitrogen and oxygen atoms in total. The van der Waals surface area contributed by atoms with Crippen LogP contribution in [-0.2, 0) is 4.79 Å². The number of carbonyl (C=O) groups excluding carboxylic acids is 1. The van der Waals surface area contributed by atoms with Gasteiger partial charge in [0, 0.05) is 16.3 Å². The van der Waals surface area contributed by atoms with Crippen molar-refractivity contribution in [1.82, 2.24) is 0 Å². The lowest BCUT2D eigenvalue weighted by molar-refractivity contribution is -0.115. The normalized spacial score (nSPS) is 18.6. The van der Waals surface area contributed by atoms with Gasteiger partial charge in [0.2, 0.25) is 5.91 Å². The van der Waals surface area contributed by atoms with Crippen LogP contribution in [0.5, 0.6) is 0 Å². The number of hydrogen-bond donors (Lipinski definition) is 0. The fraction of sp³-hybridized carbons (Fsp3) is 0.133. The Morgan fingerprint density at radius 2 is 2.00 bits per heavy atom. The van der Waals surface area contributed by atoms with Gasteiger partial charge in [-0.2, -0.15) is 0 Å². The zero-order valence-electron chi connectivity index (χ0n) is 10.4. The zero-order chi connectivity index (χ0) is 14.1. The van der Waals surface area contributed by atoms with Gasteiger partial charge in [-0.25, -0.2) is 4.39 Å². The molecule has 1 heterocycles. The molecule has 1 atom stereocenters. The maximum absolute atomic E-state index is 14.0. The molecule has 0 aromatic heterocycles. The fourth-order valence-corrected chi connectivity index (χ4v) is 3.62. The first-order valence-electron chi connectivity index (χ1n) is 6.10. The Morgan fingerprint density at radius 3 is 2.75 bits per heavy atom. The summed E-state index contributed by atoms with van der Waals surface area (Å²) < 4.78 is 14.0. The van der Waals surface area contributed by atoms with Crippen molar-refractivity contribution in [3.05, 3.63) is 64.9 Å². The zero-order valence-corrected chi connectivity index (χ0v) is 12.0. The minimum Gasteiger partial charge on any atom is -0.295 e. The number of amides is 1. The highest BCUT2D eigenvalue weighted by molar-refractivity contribution is 8.00. The van der Waals surface area contributed by atoms with Crippen molar-refractivity contribution < 1.29 is 9.18 Å². The first-order chi connectivity index (χ1) is 9.66. The largest absolute Gasteiger partial charge is 0.295 e. The number of nitrogens with zero attached hydrogens (tertiary/aromatic N) is 1. The third kappa shape index (κ3) is 2.41. The summed E-state index contributed by atoms with van der Waals surface area (Å²) in [4.78, 5) is 13.7. The third-order valence-electron chi connectivity index (χ3n) is 3.13. The molecule has 5 heteroatoms. The highest BCUT2D eigenvalue weighted by atomic mass is 35.5. The molecule has 20 heavy (non-hydrogen) atoms. The van der Waals surface area contributed by atoms with Gasteiger partial charge in [-0.15, -0.1) is 11.8 Å². The summed E-state index contributed by atoms with van der Waals surface area (Å²) in [5.74, 6) is 0.00292. The molecule has 2 aromatic rings. The average Bonchev–Trinajstić information content (AvgIpc) is 2.81. The molecule has 0 unspecified atom stereocenters. The molecule has 1 amide bonds. The predicted octanol–water partition coefficient (Wildman–Crippen LogP) is 4.26. The van der Waals surface area contributed by atoms with Gasteiger partial charge in [-0.1, -0.05) is 35.9 Å². The quantitative estimate of drug-likeness (QED) is 0.826. The van der Waals surface area contributed by atoms with Crippen LogP contribution in [-0.4, -0.2) is 11.7 Å². The van der Waals surface area contributed by atoms with Crippen LogP contribution in [0.1, 0.15) is 10.9 Å². The summed E-state index contributed by atoms with van der Waals surface area (Å²) >= 11 is 7.40. The van der Waals surface area contributed by atoms with Crippen molar-refractivity contribution in [2.75, 3.05) is 10.7 Å². The van der Waals surface area contributed by atoms with E-state index < -0.39 is 0 Å². The number of anilines is 1. The molecule has 0 saturated carbocycles. The van der Waals surface area contributed by atoms with E-state index in [1.807, 2.05) is 6.07 Å². The SMILES string of the molecule is O=C1CS[C@@H](c2ccccc2F)N1c1cccc(Cl)c1. The molecule has 2 aromatic carbocycles. The second-order valence-corrected chi connectivity index (χ2v) is 5.93. The number of thioether (sulfide) groups is 1. The maximum Gasteiger partial charge on any atom is 0.238 e. The van der Waals surface area contributed by atoms with Gasteiger partial charge in [0.05, 0.1) is 5.75 Å². The van der Waals surface area contributed by atoms with Crippen molar-refractivity contribution in [3.8, 4) is 0 Å². The standard InChI is InChI=1S/C15H11ClFNOS/c16-10-4-3-5-11(8-10)18-14(19)9-20-15(18)12-6-1-2-7-13(12)17/h1-8,15H,9H2/t15-/m0/s1. The van der Waals surface area contributed by atoms with Crippen LogP contribution in [0.4, 0.5) is 10.1 Å². The third-order valence-corrected chi connectivity index (χ3v) is 4.55. The van der Waals surface area contributed by atoms with Crippen LogP contribution in [0.15, 0.2) is 48.5 Å². The predicted molar refractivity (Wildman–Crippen MR) is 80.5 cm³/mol. The molecule has 0 N–H and O–H groups in total. The molecule has 102 valence electrons. The summed E-state index contributed by atoms with van der Waals surface area (Å²) in [5, 5.41) is 0.210. The Kier molecular flexibility index (Phi) is 3.68.